The Hall–Kier alpha value is -0.610. The van der Waals surface area contributed by atoms with Crippen LogP contribution in [0.25, 0.3) is 0 Å². The molecule has 0 saturated heterocycles. The average molecular weight is 187 g/mol. The molecule has 4 heteroatoms. The highest BCUT2D eigenvalue weighted by Crippen LogP contribution is 2.18. The third kappa shape index (κ3) is 3.32. The standard InChI is InChI=1S/C9H17NO3/c1-6(11)9(13)10-7-3-2-4-8(12)5-7/h6-8,11-12H,2-5H2,1H3,(H,10,13)/t6?,7-,8+/m0/s1. The first-order valence-electron chi connectivity index (χ1n) is 4.76. The van der Waals surface area contributed by atoms with Crippen LogP contribution in [0.2, 0.25) is 0 Å². The Morgan fingerprint density at radius 3 is 2.77 bits per heavy atom. The molecule has 1 rings (SSSR count). The molecule has 0 aromatic heterocycles. The molecule has 0 aliphatic heterocycles. The fraction of sp³-hybridized carbons (Fsp3) is 0.889. The number of carbonyl (C=O) groups is 1. The molecule has 1 saturated carbocycles. The largest absolute Gasteiger partial charge is 0.393 e. The van der Waals surface area contributed by atoms with E-state index in [4.69, 9.17) is 5.11 Å². The summed E-state index contributed by atoms with van der Waals surface area (Å²) in [5.74, 6) is -0.348. The Labute approximate surface area is 78.0 Å². The smallest absolute Gasteiger partial charge is 0.248 e. The molecular weight excluding hydrogens is 170 g/mol. The van der Waals surface area contributed by atoms with Crippen molar-refractivity contribution in [2.45, 2.75) is 50.9 Å². The van der Waals surface area contributed by atoms with Crippen LogP contribution in [0.1, 0.15) is 32.6 Å². The van der Waals surface area contributed by atoms with Crippen LogP contribution in [0, 0.1) is 0 Å². The van der Waals surface area contributed by atoms with Gasteiger partial charge in [-0.3, -0.25) is 4.79 Å². The second kappa shape index (κ2) is 4.58. The van der Waals surface area contributed by atoms with E-state index < -0.39 is 6.10 Å². The fourth-order valence-corrected chi connectivity index (χ4v) is 1.62. The lowest BCUT2D eigenvalue weighted by Crippen LogP contribution is -2.43. The van der Waals surface area contributed by atoms with E-state index in [1.165, 1.54) is 6.92 Å². The van der Waals surface area contributed by atoms with Crippen LogP contribution in [-0.4, -0.2) is 34.4 Å². The fourth-order valence-electron chi connectivity index (χ4n) is 1.62. The van der Waals surface area contributed by atoms with Crippen molar-refractivity contribution in [3.05, 3.63) is 0 Å². The molecule has 13 heavy (non-hydrogen) atoms. The van der Waals surface area contributed by atoms with Crippen molar-refractivity contribution in [3.63, 3.8) is 0 Å². The molecule has 0 radical (unpaired) electrons. The number of amides is 1. The van der Waals surface area contributed by atoms with Gasteiger partial charge in [0.1, 0.15) is 6.10 Å². The zero-order valence-electron chi connectivity index (χ0n) is 7.86. The first-order chi connectivity index (χ1) is 6.09. The molecule has 0 aromatic rings. The molecule has 1 fully saturated rings. The zero-order chi connectivity index (χ0) is 9.84. The van der Waals surface area contributed by atoms with Gasteiger partial charge in [0.25, 0.3) is 0 Å². The minimum Gasteiger partial charge on any atom is -0.393 e. The predicted octanol–water partition coefficient (Wildman–Crippen LogP) is -0.213. The monoisotopic (exact) mass is 187 g/mol. The van der Waals surface area contributed by atoms with Crippen molar-refractivity contribution in [1.82, 2.24) is 5.32 Å². The van der Waals surface area contributed by atoms with Crippen LogP contribution >= 0.6 is 0 Å². The van der Waals surface area contributed by atoms with Gasteiger partial charge in [-0.05, 0) is 32.6 Å². The normalized spacial score (nSPS) is 31.0. The van der Waals surface area contributed by atoms with Crippen molar-refractivity contribution in [1.29, 1.82) is 0 Å². The van der Waals surface area contributed by atoms with E-state index in [9.17, 15) is 9.90 Å². The molecule has 0 aromatic carbocycles. The molecule has 0 bridgehead atoms. The van der Waals surface area contributed by atoms with Crippen LogP contribution in [0.3, 0.4) is 0 Å². The number of hydrogen-bond donors (Lipinski definition) is 3. The minimum atomic E-state index is -0.959. The van der Waals surface area contributed by atoms with Crippen LogP contribution in [-0.2, 0) is 4.79 Å². The van der Waals surface area contributed by atoms with Gasteiger partial charge in [-0.15, -0.1) is 0 Å². The van der Waals surface area contributed by atoms with E-state index in [1.54, 1.807) is 0 Å². The third-order valence-corrected chi connectivity index (χ3v) is 2.37. The van der Waals surface area contributed by atoms with E-state index in [-0.39, 0.29) is 18.1 Å². The summed E-state index contributed by atoms with van der Waals surface area (Å²) in [7, 11) is 0. The highest BCUT2D eigenvalue weighted by molar-refractivity contribution is 5.80. The summed E-state index contributed by atoms with van der Waals surface area (Å²) in [4.78, 5) is 11.1. The molecule has 76 valence electrons. The van der Waals surface area contributed by atoms with Gasteiger partial charge in [0.2, 0.25) is 5.91 Å². The number of carbonyl (C=O) groups excluding carboxylic acids is 1. The summed E-state index contributed by atoms with van der Waals surface area (Å²) in [6.07, 6.45) is 2.01. The lowest BCUT2D eigenvalue weighted by molar-refractivity contribution is -0.129. The van der Waals surface area contributed by atoms with Gasteiger partial charge in [0.15, 0.2) is 0 Å². The molecule has 1 unspecified atom stereocenters. The molecule has 0 spiro atoms. The van der Waals surface area contributed by atoms with E-state index in [2.05, 4.69) is 5.32 Å². The van der Waals surface area contributed by atoms with Gasteiger partial charge in [0.05, 0.1) is 6.10 Å². The number of rotatable bonds is 2. The molecule has 0 heterocycles. The molecule has 3 N–H and O–H groups in total. The number of hydrogen-bond acceptors (Lipinski definition) is 3. The van der Waals surface area contributed by atoms with Crippen LogP contribution in [0.5, 0.6) is 0 Å². The topological polar surface area (TPSA) is 69.6 Å². The van der Waals surface area contributed by atoms with Crippen molar-refractivity contribution in [2.75, 3.05) is 0 Å². The Balaban J connectivity index is 2.31. The van der Waals surface area contributed by atoms with Gasteiger partial charge >= 0.3 is 0 Å². The molecule has 1 aliphatic rings. The predicted molar refractivity (Wildman–Crippen MR) is 48.1 cm³/mol. The zero-order valence-corrected chi connectivity index (χ0v) is 7.86. The van der Waals surface area contributed by atoms with Crippen LogP contribution in [0.4, 0.5) is 0 Å². The first-order valence-corrected chi connectivity index (χ1v) is 4.76. The summed E-state index contributed by atoms with van der Waals surface area (Å²) in [6, 6.07) is 0.0332. The highest BCUT2D eigenvalue weighted by atomic mass is 16.3. The average Bonchev–Trinajstić information content (AvgIpc) is 2.04. The Morgan fingerprint density at radius 1 is 1.54 bits per heavy atom. The Bertz CT molecular complexity index is 182. The van der Waals surface area contributed by atoms with Gasteiger partial charge < -0.3 is 15.5 Å². The minimum absolute atomic E-state index is 0.0332. The third-order valence-electron chi connectivity index (χ3n) is 2.37. The van der Waals surface area contributed by atoms with Crippen molar-refractivity contribution >= 4 is 5.91 Å². The second-order valence-corrected chi connectivity index (χ2v) is 3.70. The van der Waals surface area contributed by atoms with E-state index in [0.717, 1.165) is 19.3 Å². The van der Waals surface area contributed by atoms with Crippen molar-refractivity contribution < 1.29 is 15.0 Å². The molecule has 1 aliphatic carbocycles. The molecular formula is C9H17NO3. The highest BCUT2D eigenvalue weighted by Gasteiger charge is 2.22. The molecule has 3 atom stereocenters. The summed E-state index contributed by atoms with van der Waals surface area (Å²) >= 11 is 0. The first kappa shape index (κ1) is 10.5. The van der Waals surface area contributed by atoms with Gasteiger partial charge in [0, 0.05) is 6.04 Å². The van der Waals surface area contributed by atoms with E-state index in [1.807, 2.05) is 0 Å². The number of aliphatic hydroxyl groups is 2. The summed E-state index contributed by atoms with van der Waals surface area (Å²) in [5, 5.41) is 21.0. The summed E-state index contributed by atoms with van der Waals surface area (Å²) in [6.45, 7) is 1.44. The van der Waals surface area contributed by atoms with Gasteiger partial charge in [-0.25, -0.2) is 0 Å². The second-order valence-electron chi connectivity index (χ2n) is 3.70. The van der Waals surface area contributed by atoms with Crippen molar-refractivity contribution in [2.24, 2.45) is 0 Å². The van der Waals surface area contributed by atoms with E-state index >= 15 is 0 Å². The molecule has 1 amide bonds. The Kier molecular flexibility index (Phi) is 3.69. The van der Waals surface area contributed by atoms with Gasteiger partial charge in [-0.1, -0.05) is 0 Å². The van der Waals surface area contributed by atoms with E-state index in [0.29, 0.717) is 6.42 Å². The Morgan fingerprint density at radius 2 is 2.23 bits per heavy atom. The summed E-state index contributed by atoms with van der Waals surface area (Å²) < 4.78 is 0. The maximum atomic E-state index is 11.1. The van der Waals surface area contributed by atoms with Crippen LogP contribution in [0.15, 0.2) is 0 Å². The quantitative estimate of drug-likeness (QED) is 0.560. The number of nitrogens with one attached hydrogen (secondary N) is 1. The SMILES string of the molecule is CC(O)C(=O)N[C@H]1CCC[C@@H](O)C1. The lowest BCUT2D eigenvalue weighted by atomic mass is 9.93. The number of aliphatic hydroxyl groups excluding tert-OH is 2. The van der Waals surface area contributed by atoms with Crippen LogP contribution < -0.4 is 5.32 Å². The maximum absolute atomic E-state index is 11.1. The van der Waals surface area contributed by atoms with Crippen molar-refractivity contribution in [3.8, 4) is 0 Å². The lowest BCUT2D eigenvalue weighted by Gasteiger charge is -2.26. The summed E-state index contributed by atoms with van der Waals surface area (Å²) in [5.41, 5.74) is 0. The molecule has 4 nitrogen and oxygen atoms in total. The maximum Gasteiger partial charge on any atom is 0.248 e. The van der Waals surface area contributed by atoms with Gasteiger partial charge in [-0.2, -0.15) is 0 Å².